The fraction of sp³-hybridized carbons (Fsp3) is 0.533. The Kier molecular flexibility index (Phi) is 7.93. The lowest BCUT2D eigenvalue weighted by Gasteiger charge is -2.18. The zero-order valence-corrected chi connectivity index (χ0v) is 15.8. The average molecular weight is 388 g/mol. The molecule has 0 aliphatic carbocycles. The molecule has 0 unspecified atom stereocenters. The number of hydrogen-bond donors (Lipinski definition) is 2. The van der Waals surface area contributed by atoms with Crippen LogP contribution in [0.1, 0.15) is 20.8 Å². The molecule has 1 amide bonds. The van der Waals surface area contributed by atoms with Crippen molar-refractivity contribution in [1.29, 1.82) is 0 Å². The minimum absolute atomic E-state index is 0.191. The summed E-state index contributed by atoms with van der Waals surface area (Å²) in [4.78, 5) is 22.0. The van der Waals surface area contributed by atoms with E-state index in [0.717, 1.165) is 6.07 Å². The van der Waals surface area contributed by atoms with Gasteiger partial charge in [0.05, 0.1) is 9.82 Å². The van der Waals surface area contributed by atoms with Crippen LogP contribution in [0.4, 0.5) is 5.69 Å². The first kappa shape index (κ1) is 21.8. The Labute approximate surface area is 152 Å². The second kappa shape index (κ2) is 9.46. The molecule has 1 rings (SSSR count). The third-order valence-corrected chi connectivity index (χ3v) is 5.64. The van der Waals surface area contributed by atoms with Gasteiger partial charge in [0.15, 0.2) is 12.4 Å². The van der Waals surface area contributed by atoms with Gasteiger partial charge in [0.25, 0.3) is 5.91 Å². The summed E-state index contributed by atoms with van der Waals surface area (Å²) in [5, 5.41) is 13.8. The summed E-state index contributed by atoms with van der Waals surface area (Å²) in [6, 6.07) is 3.07. The molecule has 11 heteroatoms. The number of benzene rings is 1. The third-order valence-electron chi connectivity index (χ3n) is 3.59. The highest BCUT2D eigenvalue weighted by Crippen LogP contribution is 2.30. The normalized spacial score (nSPS) is 12.7. The van der Waals surface area contributed by atoms with Crippen molar-refractivity contribution >= 4 is 21.6 Å². The van der Waals surface area contributed by atoms with Gasteiger partial charge in [-0.25, -0.2) is 8.42 Å². The van der Waals surface area contributed by atoms with E-state index in [1.807, 2.05) is 0 Å². The minimum Gasteiger partial charge on any atom is -0.477 e. The van der Waals surface area contributed by atoms with Gasteiger partial charge < -0.3 is 15.8 Å². The molecule has 0 bridgehead atoms. The Bertz CT molecular complexity index is 749. The number of carbonyl (C=O) groups is 1. The lowest BCUT2D eigenvalue weighted by atomic mass is 10.3. The molecule has 0 aliphatic heterocycles. The van der Waals surface area contributed by atoms with Crippen molar-refractivity contribution in [2.24, 2.45) is 5.73 Å². The summed E-state index contributed by atoms with van der Waals surface area (Å²) in [6.45, 7) is 5.32. The number of nitrogens with zero attached hydrogens (tertiary/aromatic N) is 2. The predicted octanol–water partition coefficient (Wildman–Crippen LogP) is 0.468. The van der Waals surface area contributed by atoms with Gasteiger partial charge in [-0.3, -0.25) is 14.9 Å². The number of ether oxygens (including phenoxy) is 1. The van der Waals surface area contributed by atoms with E-state index in [1.165, 1.54) is 16.4 Å². The topological polar surface area (TPSA) is 145 Å². The molecule has 0 radical (unpaired) electrons. The van der Waals surface area contributed by atoms with Crippen molar-refractivity contribution in [3.63, 3.8) is 0 Å². The smallest absolute Gasteiger partial charge is 0.312 e. The maximum atomic E-state index is 12.5. The van der Waals surface area contributed by atoms with Crippen LogP contribution >= 0.6 is 0 Å². The van der Waals surface area contributed by atoms with Crippen molar-refractivity contribution in [2.75, 3.05) is 26.2 Å². The molecule has 1 aromatic rings. The van der Waals surface area contributed by atoms with Gasteiger partial charge in [-0.05, 0) is 19.1 Å². The molecule has 0 saturated carbocycles. The van der Waals surface area contributed by atoms with E-state index >= 15 is 0 Å². The molecule has 1 atom stereocenters. The molecule has 0 saturated heterocycles. The van der Waals surface area contributed by atoms with Crippen LogP contribution in [-0.4, -0.2) is 55.8 Å². The van der Waals surface area contributed by atoms with Gasteiger partial charge in [0.1, 0.15) is 0 Å². The summed E-state index contributed by atoms with van der Waals surface area (Å²) in [7, 11) is -3.84. The van der Waals surface area contributed by atoms with Crippen molar-refractivity contribution in [1.82, 2.24) is 9.62 Å². The van der Waals surface area contributed by atoms with E-state index < -0.39 is 33.1 Å². The lowest BCUT2D eigenvalue weighted by molar-refractivity contribution is -0.386. The van der Waals surface area contributed by atoms with Crippen LogP contribution in [0.25, 0.3) is 0 Å². The van der Waals surface area contributed by atoms with Crippen molar-refractivity contribution in [2.45, 2.75) is 31.7 Å². The zero-order valence-electron chi connectivity index (χ0n) is 15.0. The van der Waals surface area contributed by atoms with E-state index in [0.29, 0.717) is 0 Å². The average Bonchev–Trinajstić information content (AvgIpc) is 2.60. The molecule has 3 N–H and O–H groups in total. The first-order valence-electron chi connectivity index (χ1n) is 8.08. The molecule has 146 valence electrons. The first-order valence-corrected chi connectivity index (χ1v) is 9.52. The van der Waals surface area contributed by atoms with Crippen LogP contribution in [0.3, 0.4) is 0 Å². The number of nitrogens with two attached hydrogens (primary N) is 1. The molecule has 0 spiro atoms. The molecule has 0 aliphatic rings. The second-order valence-electron chi connectivity index (χ2n) is 5.47. The number of rotatable bonds is 10. The minimum atomic E-state index is -3.84. The number of amides is 1. The molecule has 0 fully saturated rings. The number of nitro groups is 1. The molecule has 10 nitrogen and oxygen atoms in total. The molecular weight excluding hydrogens is 364 g/mol. The molecule has 1 aromatic carbocycles. The number of hydrogen-bond acceptors (Lipinski definition) is 7. The quantitative estimate of drug-likeness (QED) is 0.437. The van der Waals surface area contributed by atoms with Gasteiger partial charge in [0.2, 0.25) is 10.0 Å². The number of nitrogens with one attached hydrogen (secondary N) is 1. The SMILES string of the molecule is CCN(CC)S(=O)(=O)c1ccc(OCC(=O)N[C@@H](C)CN)c([N+](=O)[O-])c1. The van der Waals surface area contributed by atoms with E-state index in [2.05, 4.69) is 5.32 Å². The van der Waals surface area contributed by atoms with Gasteiger partial charge in [-0.1, -0.05) is 13.8 Å². The van der Waals surface area contributed by atoms with Gasteiger partial charge in [-0.15, -0.1) is 0 Å². The van der Waals surface area contributed by atoms with Gasteiger partial charge in [0, 0.05) is 31.7 Å². The van der Waals surface area contributed by atoms with Gasteiger partial charge >= 0.3 is 5.69 Å². The molecular formula is C15H24N4O6S. The van der Waals surface area contributed by atoms with Crippen molar-refractivity contribution < 1.29 is 22.9 Å². The maximum Gasteiger partial charge on any atom is 0.312 e. The highest BCUT2D eigenvalue weighted by Gasteiger charge is 2.26. The van der Waals surface area contributed by atoms with E-state index in [9.17, 15) is 23.3 Å². The van der Waals surface area contributed by atoms with E-state index in [-0.39, 0.29) is 36.3 Å². The summed E-state index contributed by atoms with van der Waals surface area (Å²) in [5.74, 6) is -0.680. The summed E-state index contributed by atoms with van der Waals surface area (Å²) >= 11 is 0. The summed E-state index contributed by atoms with van der Waals surface area (Å²) < 4.78 is 31.3. The standard InChI is InChI=1S/C15H24N4O6S/c1-4-18(5-2)26(23,24)12-6-7-14(13(8-12)19(21)22)25-10-15(20)17-11(3)9-16/h6-8,11H,4-5,9-10,16H2,1-3H3,(H,17,20)/t11-/m0/s1. The first-order chi connectivity index (χ1) is 12.2. The van der Waals surface area contributed by atoms with E-state index in [1.54, 1.807) is 20.8 Å². The fourth-order valence-electron chi connectivity index (χ4n) is 2.15. The number of nitro benzene ring substituents is 1. The monoisotopic (exact) mass is 388 g/mol. The largest absolute Gasteiger partial charge is 0.477 e. The second-order valence-corrected chi connectivity index (χ2v) is 7.41. The number of sulfonamides is 1. The highest BCUT2D eigenvalue weighted by atomic mass is 32.2. The Balaban J connectivity index is 3.07. The Hall–Kier alpha value is -2.24. The van der Waals surface area contributed by atoms with Crippen molar-refractivity contribution in [3.05, 3.63) is 28.3 Å². The molecule has 0 heterocycles. The molecule has 0 aromatic heterocycles. The van der Waals surface area contributed by atoms with Crippen LogP contribution in [-0.2, 0) is 14.8 Å². The Morgan fingerprint density at radius 1 is 1.38 bits per heavy atom. The van der Waals surface area contributed by atoms with Crippen LogP contribution in [0.2, 0.25) is 0 Å². The number of carbonyl (C=O) groups excluding carboxylic acids is 1. The van der Waals surface area contributed by atoms with Crippen LogP contribution in [0.5, 0.6) is 5.75 Å². The van der Waals surface area contributed by atoms with Crippen LogP contribution in [0, 0.1) is 10.1 Å². The zero-order chi connectivity index (χ0) is 19.9. The summed E-state index contributed by atoms with van der Waals surface area (Å²) in [6.07, 6.45) is 0. The fourth-order valence-corrected chi connectivity index (χ4v) is 3.63. The third kappa shape index (κ3) is 5.38. The van der Waals surface area contributed by atoms with Gasteiger partial charge in [-0.2, -0.15) is 4.31 Å². The Morgan fingerprint density at radius 3 is 2.50 bits per heavy atom. The van der Waals surface area contributed by atoms with Crippen LogP contribution < -0.4 is 15.8 Å². The highest BCUT2D eigenvalue weighted by molar-refractivity contribution is 7.89. The lowest BCUT2D eigenvalue weighted by Crippen LogP contribution is -2.40. The summed E-state index contributed by atoms with van der Waals surface area (Å²) in [5.41, 5.74) is 4.86. The van der Waals surface area contributed by atoms with E-state index in [4.69, 9.17) is 10.5 Å². The maximum absolute atomic E-state index is 12.5. The van der Waals surface area contributed by atoms with Crippen molar-refractivity contribution in [3.8, 4) is 5.75 Å². The Morgan fingerprint density at radius 2 is 2.00 bits per heavy atom. The molecule has 26 heavy (non-hydrogen) atoms. The predicted molar refractivity (Wildman–Crippen MR) is 95.4 cm³/mol. The van der Waals surface area contributed by atoms with Crippen LogP contribution in [0.15, 0.2) is 23.1 Å².